The normalized spacial score (nSPS) is 11.2. The maximum atomic E-state index is 12.5. The molecule has 3 aromatic rings. The van der Waals surface area contributed by atoms with E-state index in [0.717, 1.165) is 6.07 Å². The van der Waals surface area contributed by atoms with E-state index in [-0.39, 0.29) is 23.6 Å². The van der Waals surface area contributed by atoms with E-state index in [0.29, 0.717) is 5.69 Å². The summed E-state index contributed by atoms with van der Waals surface area (Å²) >= 11 is 0. The summed E-state index contributed by atoms with van der Waals surface area (Å²) in [6, 6.07) is 7.79. The van der Waals surface area contributed by atoms with Gasteiger partial charge in [0.1, 0.15) is 17.9 Å². The van der Waals surface area contributed by atoms with E-state index in [4.69, 9.17) is 0 Å². The lowest BCUT2D eigenvalue weighted by Crippen LogP contribution is -2.30. The molecule has 0 bridgehead atoms. The number of amides is 1. The van der Waals surface area contributed by atoms with Gasteiger partial charge in [0.2, 0.25) is 0 Å². The summed E-state index contributed by atoms with van der Waals surface area (Å²) in [5, 5.41) is 2.45. The van der Waals surface area contributed by atoms with Crippen molar-refractivity contribution in [2.24, 2.45) is 7.05 Å². The fourth-order valence-electron chi connectivity index (χ4n) is 2.44. The van der Waals surface area contributed by atoms with E-state index in [2.05, 4.69) is 25.0 Å². The van der Waals surface area contributed by atoms with Gasteiger partial charge in [-0.2, -0.15) is 0 Å². The molecule has 1 amide bonds. The second-order valence-corrected chi connectivity index (χ2v) is 5.78. The number of hydrogen-bond donors (Lipinski definition) is 1. The highest BCUT2D eigenvalue weighted by atomic mass is 19.4. The number of aromatic nitrogens is 4. The molecule has 1 N–H and O–H groups in total. The zero-order valence-electron chi connectivity index (χ0n) is 15.0. The van der Waals surface area contributed by atoms with Crippen LogP contribution in [0.1, 0.15) is 16.2 Å². The summed E-state index contributed by atoms with van der Waals surface area (Å²) in [5.74, 6) is -1.26. The third-order valence-electron chi connectivity index (χ3n) is 3.84. The van der Waals surface area contributed by atoms with Gasteiger partial charge in [-0.25, -0.2) is 15.0 Å². The van der Waals surface area contributed by atoms with E-state index >= 15 is 0 Å². The average molecular weight is 405 g/mol. The van der Waals surface area contributed by atoms with Crippen LogP contribution in [-0.2, 0) is 13.6 Å². The highest BCUT2D eigenvalue weighted by Crippen LogP contribution is 2.26. The number of nitrogens with one attached hydrogen (secondary N) is 1. The number of carbonyl (C=O) groups excluding carboxylic acids is 1. The van der Waals surface area contributed by atoms with Crippen molar-refractivity contribution in [1.82, 2.24) is 24.8 Å². The minimum atomic E-state index is -4.94. The molecule has 3 rings (SSSR count). The Hall–Kier alpha value is -3.76. The van der Waals surface area contributed by atoms with E-state index in [1.54, 1.807) is 6.07 Å². The van der Waals surface area contributed by atoms with Gasteiger partial charge in [-0.3, -0.25) is 14.2 Å². The summed E-state index contributed by atoms with van der Waals surface area (Å²) in [6.07, 6.45) is -2.15. The van der Waals surface area contributed by atoms with E-state index in [1.165, 1.54) is 48.4 Å². The van der Waals surface area contributed by atoms with Crippen LogP contribution in [0.3, 0.4) is 0 Å². The quantitative estimate of drug-likeness (QED) is 0.698. The largest absolute Gasteiger partial charge is 0.573 e. The van der Waals surface area contributed by atoms with Gasteiger partial charge in [-0.1, -0.05) is 12.1 Å². The lowest BCUT2D eigenvalue weighted by Gasteiger charge is -2.14. The number of hydrogen-bond acceptors (Lipinski definition) is 6. The lowest BCUT2D eigenvalue weighted by atomic mass is 10.2. The lowest BCUT2D eigenvalue weighted by molar-refractivity contribution is -0.274. The zero-order valence-corrected chi connectivity index (χ0v) is 15.0. The van der Waals surface area contributed by atoms with Crippen molar-refractivity contribution >= 4 is 5.91 Å². The first kappa shape index (κ1) is 20.0. The average Bonchev–Trinajstić information content (AvgIpc) is 2.68. The molecule has 0 fully saturated rings. The summed E-state index contributed by atoms with van der Waals surface area (Å²) in [6.45, 7) is -0.205. The smallest absolute Gasteiger partial charge is 0.405 e. The van der Waals surface area contributed by atoms with Crippen LogP contribution in [0.2, 0.25) is 0 Å². The molecule has 0 aliphatic rings. The molecule has 2 heterocycles. The number of para-hydroxylation sites is 1. The Balaban J connectivity index is 1.83. The number of alkyl halides is 3. The Morgan fingerprint density at radius 1 is 1.21 bits per heavy atom. The monoisotopic (exact) mass is 405 g/mol. The van der Waals surface area contributed by atoms with Crippen LogP contribution in [0.4, 0.5) is 13.2 Å². The molecule has 1 aromatic carbocycles. The first-order valence-corrected chi connectivity index (χ1v) is 8.21. The molecule has 11 heteroatoms. The van der Waals surface area contributed by atoms with Gasteiger partial charge in [-0.05, 0) is 18.2 Å². The number of halogens is 3. The number of ether oxygens (including phenoxy) is 1. The predicted octanol–water partition coefficient (Wildman–Crippen LogP) is 2.07. The molecule has 0 radical (unpaired) electrons. The molecule has 0 spiro atoms. The van der Waals surface area contributed by atoms with Gasteiger partial charge in [0.05, 0.1) is 23.5 Å². The van der Waals surface area contributed by atoms with Gasteiger partial charge in [0.25, 0.3) is 11.5 Å². The van der Waals surface area contributed by atoms with Crippen LogP contribution in [0.5, 0.6) is 5.75 Å². The van der Waals surface area contributed by atoms with Crippen molar-refractivity contribution in [3.63, 3.8) is 0 Å². The van der Waals surface area contributed by atoms with E-state index in [1.807, 2.05) is 0 Å². The van der Waals surface area contributed by atoms with Gasteiger partial charge in [0, 0.05) is 19.3 Å². The number of carbonyl (C=O) groups is 1. The van der Waals surface area contributed by atoms with Gasteiger partial charge in [-0.15, -0.1) is 13.2 Å². The summed E-state index contributed by atoms with van der Waals surface area (Å²) in [7, 11) is 1.46. The maximum Gasteiger partial charge on any atom is 0.573 e. The Labute approximate surface area is 162 Å². The molecular formula is C18H14F3N5O3. The molecule has 0 saturated heterocycles. The van der Waals surface area contributed by atoms with Gasteiger partial charge < -0.3 is 10.1 Å². The van der Waals surface area contributed by atoms with Crippen molar-refractivity contribution < 1.29 is 22.7 Å². The third kappa shape index (κ3) is 4.94. The Kier molecular flexibility index (Phi) is 5.57. The van der Waals surface area contributed by atoms with Crippen LogP contribution >= 0.6 is 0 Å². The number of nitrogens with zero attached hydrogens (tertiary/aromatic N) is 4. The zero-order chi connectivity index (χ0) is 21.0. The van der Waals surface area contributed by atoms with Crippen LogP contribution in [-0.4, -0.2) is 31.8 Å². The maximum absolute atomic E-state index is 12.5. The Bertz CT molecular complexity index is 1080. The first-order valence-electron chi connectivity index (χ1n) is 8.21. The van der Waals surface area contributed by atoms with Crippen LogP contribution in [0, 0.1) is 0 Å². The molecule has 0 saturated carbocycles. The van der Waals surface area contributed by atoms with Crippen molar-refractivity contribution in [1.29, 1.82) is 0 Å². The van der Waals surface area contributed by atoms with Crippen LogP contribution in [0.15, 0.2) is 53.7 Å². The number of rotatable bonds is 5. The predicted molar refractivity (Wildman–Crippen MR) is 94.8 cm³/mol. The molecule has 0 aliphatic heterocycles. The Morgan fingerprint density at radius 2 is 1.97 bits per heavy atom. The molecule has 0 atom stereocenters. The standard InChI is InChI=1S/C18H14F3N5O3/c1-26-15(25-13(8-16(26)27)12-6-7-22-10-24-12)9-23-17(28)11-4-2-3-5-14(11)29-18(19,20)21/h2-8,10H,9H2,1H3,(H,23,28). The van der Waals surface area contributed by atoms with Crippen LogP contribution in [0.25, 0.3) is 11.4 Å². The molecule has 2 aromatic heterocycles. The number of benzene rings is 1. The van der Waals surface area contributed by atoms with Gasteiger partial charge in [0.15, 0.2) is 0 Å². The topological polar surface area (TPSA) is 99.0 Å². The second kappa shape index (κ2) is 8.09. The minimum Gasteiger partial charge on any atom is -0.405 e. The molecule has 29 heavy (non-hydrogen) atoms. The fourth-order valence-corrected chi connectivity index (χ4v) is 2.44. The summed E-state index contributed by atoms with van der Waals surface area (Å²) in [5.41, 5.74) is -0.00445. The second-order valence-electron chi connectivity index (χ2n) is 5.78. The van der Waals surface area contributed by atoms with E-state index in [9.17, 15) is 22.8 Å². The van der Waals surface area contributed by atoms with Crippen molar-refractivity contribution in [3.05, 3.63) is 70.7 Å². The van der Waals surface area contributed by atoms with E-state index < -0.39 is 23.6 Å². The first-order chi connectivity index (χ1) is 13.7. The van der Waals surface area contributed by atoms with Crippen molar-refractivity contribution in [3.8, 4) is 17.1 Å². The molecule has 150 valence electrons. The highest BCUT2D eigenvalue weighted by Gasteiger charge is 2.32. The SMILES string of the molecule is Cn1c(CNC(=O)c2ccccc2OC(F)(F)F)nc(-c2ccncn2)cc1=O. The third-order valence-corrected chi connectivity index (χ3v) is 3.84. The fraction of sp³-hybridized carbons (Fsp3) is 0.167. The van der Waals surface area contributed by atoms with Gasteiger partial charge >= 0.3 is 6.36 Å². The molecule has 8 nitrogen and oxygen atoms in total. The van der Waals surface area contributed by atoms with Crippen molar-refractivity contribution in [2.45, 2.75) is 12.9 Å². The Morgan fingerprint density at radius 3 is 2.66 bits per heavy atom. The minimum absolute atomic E-state index is 0.189. The molecule has 0 aliphatic carbocycles. The molecular weight excluding hydrogens is 391 g/mol. The highest BCUT2D eigenvalue weighted by molar-refractivity contribution is 5.96. The van der Waals surface area contributed by atoms with Crippen molar-refractivity contribution in [2.75, 3.05) is 0 Å². The summed E-state index contributed by atoms with van der Waals surface area (Å²) in [4.78, 5) is 36.7. The summed E-state index contributed by atoms with van der Waals surface area (Å²) < 4.78 is 42.7. The molecule has 0 unspecified atom stereocenters. The van der Waals surface area contributed by atoms with Crippen LogP contribution < -0.4 is 15.6 Å².